The number of hydrogen-bond donors (Lipinski definition) is 0. The van der Waals surface area contributed by atoms with Crippen molar-refractivity contribution in [3.8, 4) is 11.5 Å². The van der Waals surface area contributed by atoms with E-state index in [1.54, 1.807) is 48.2 Å². The van der Waals surface area contributed by atoms with Crippen LogP contribution in [0.2, 0.25) is 0 Å². The molecule has 0 spiro atoms. The molecule has 0 bridgehead atoms. The average molecular weight is 479 g/mol. The maximum Gasteiger partial charge on any atom is 0.336 e. The number of hydrogen-bond acceptors (Lipinski definition) is 5. The van der Waals surface area contributed by atoms with Gasteiger partial charge >= 0.3 is 11.9 Å². The Morgan fingerprint density at radius 3 is 1.26 bits per heavy atom. The topological polar surface area (TPSA) is 52.6 Å². The molecule has 35 heavy (non-hydrogen) atoms. The lowest BCUT2D eigenvalue weighted by atomic mass is 10.2. The Morgan fingerprint density at radius 2 is 0.886 bits per heavy atom. The highest BCUT2D eigenvalue weighted by Crippen LogP contribution is 2.30. The summed E-state index contributed by atoms with van der Waals surface area (Å²) in [7, 11) is 0. The molecule has 0 heterocycles. The fraction of sp³-hybridized carbons (Fsp3) is 0. The van der Waals surface area contributed by atoms with E-state index < -0.39 is 11.9 Å². The Morgan fingerprint density at radius 1 is 0.514 bits per heavy atom. The summed E-state index contributed by atoms with van der Waals surface area (Å²) in [5.41, 5.74) is 1.86. The highest BCUT2D eigenvalue weighted by atomic mass is 32.2. The van der Waals surface area contributed by atoms with Gasteiger partial charge in [-0.25, -0.2) is 9.59 Å². The Kier molecular flexibility index (Phi) is 8.30. The summed E-state index contributed by atoms with van der Waals surface area (Å²) in [5, 5.41) is 0. The molecule has 0 amide bonds. The normalized spacial score (nSPS) is 11.0. The van der Waals surface area contributed by atoms with Gasteiger partial charge in [-0.1, -0.05) is 72.4 Å². The largest absolute Gasteiger partial charge is 0.423 e. The maximum atomic E-state index is 12.0. The zero-order chi connectivity index (χ0) is 24.3. The molecule has 0 fully saturated rings. The molecule has 0 saturated carbocycles. The number of ether oxygens (including phenoxy) is 2. The summed E-state index contributed by atoms with van der Waals surface area (Å²) in [4.78, 5) is 26.0. The Balaban J connectivity index is 1.27. The highest BCUT2D eigenvalue weighted by molar-refractivity contribution is 7.99. The van der Waals surface area contributed by atoms with Crippen molar-refractivity contribution in [1.29, 1.82) is 0 Å². The summed E-state index contributed by atoms with van der Waals surface area (Å²) in [5.74, 6) is 0.0850. The molecule has 5 heteroatoms. The lowest BCUT2D eigenvalue weighted by molar-refractivity contribution is -0.129. The first-order valence-electron chi connectivity index (χ1n) is 10.9. The summed E-state index contributed by atoms with van der Waals surface area (Å²) < 4.78 is 10.7. The van der Waals surface area contributed by atoms with Crippen LogP contribution in [0.3, 0.4) is 0 Å². The molecule has 0 aliphatic rings. The number of benzene rings is 4. The number of carbonyl (C=O) groups excluding carboxylic acids is 2. The van der Waals surface area contributed by atoms with E-state index in [0.29, 0.717) is 11.5 Å². The van der Waals surface area contributed by atoms with Crippen molar-refractivity contribution in [2.24, 2.45) is 0 Å². The minimum Gasteiger partial charge on any atom is -0.423 e. The molecular formula is C30H22O4S. The van der Waals surface area contributed by atoms with Crippen molar-refractivity contribution in [2.45, 2.75) is 9.79 Å². The van der Waals surface area contributed by atoms with Gasteiger partial charge in [0.25, 0.3) is 0 Å². The zero-order valence-electron chi connectivity index (χ0n) is 18.7. The predicted octanol–water partition coefficient (Wildman–Crippen LogP) is 7.08. The summed E-state index contributed by atoms with van der Waals surface area (Å²) >= 11 is 1.55. The molecule has 0 atom stereocenters. The first kappa shape index (κ1) is 23.8. The predicted molar refractivity (Wildman–Crippen MR) is 139 cm³/mol. The first-order valence-corrected chi connectivity index (χ1v) is 11.7. The van der Waals surface area contributed by atoms with E-state index in [-0.39, 0.29) is 0 Å². The van der Waals surface area contributed by atoms with Crippen LogP contribution in [0.5, 0.6) is 11.5 Å². The molecule has 0 radical (unpaired) electrons. The van der Waals surface area contributed by atoms with Gasteiger partial charge < -0.3 is 9.47 Å². The Labute approximate surface area is 208 Å². The number of rotatable bonds is 8. The van der Waals surface area contributed by atoms with Gasteiger partial charge in [-0.3, -0.25) is 0 Å². The van der Waals surface area contributed by atoms with Gasteiger partial charge in [-0.2, -0.15) is 0 Å². The molecule has 0 aliphatic heterocycles. The molecule has 0 N–H and O–H groups in total. The molecule has 4 nitrogen and oxygen atoms in total. The SMILES string of the molecule is O=C(/C=C\c1ccccc1)Oc1ccc(Sc2ccc(OC(=O)/C=C/c3ccccc3)cc2)cc1. The van der Waals surface area contributed by atoms with E-state index in [1.165, 1.54) is 12.2 Å². The van der Waals surface area contributed by atoms with Gasteiger partial charge in [0.05, 0.1) is 0 Å². The van der Waals surface area contributed by atoms with Crippen molar-refractivity contribution in [3.63, 3.8) is 0 Å². The van der Waals surface area contributed by atoms with Gasteiger partial charge in [0.2, 0.25) is 0 Å². The van der Waals surface area contributed by atoms with Crippen LogP contribution in [-0.2, 0) is 9.59 Å². The van der Waals surface area contributed by atoms with E-state index in [9.17, 15) is 9.59 Å². The van der Waals surface area contributed by atoms with Gasteiger partial charge in [-0.15, -0.1) is 0 Å². The fourth-order valence-corrected chi connectivity index (χ4v) is 3.86. The molecule has 0 aromatic heterocycles. The second-order valence-corrected chi connectivity index (χ2v) is 8.52. The quantitative estimate of drug-likeness (QED) is 0.154. The van der Waals surface area contributed by atoms with Crippen molar-refractivity contribution < 1.29 is 19.1 Å². The third kappa shape index (κ3) is 7.88. The van der Waals surface area contributed by atoms with Crippen LogP contribution in [0.15, 0.2) is 131 Å². The van der Waals surface area contributed by atoms with E-state index in [2.05, 4.69) is 0 Å². The van der Waals surface area contributed by atoms with E-state index in [1.807, 2.05) is 84.9 Å². The van der Waals surface area contributed by atoms with Crippen LogP contribution < -0.4 is 9.47 Å². The number of esters is 2. The summed E-state index contributed by atoms with van der Waals surface area (Å²) in [6.45, 7) is 0. The molecule has 4 aromatic rings. The lowest BCUT2D eigenvalue weighted by Gasteiger charge is -2.06. The molecule has 0 unspecified atom stereocenters. The molecular weight excluding hydrogens is 456 g/mol. The lowest BCUT2D eigenvalue weighted by Crippen LogP contribution is -2.03. The van der Waals surface area contributed by atoms with Gasteiger partial charge in [-0.05, 0) is 71.8 Å². The second-order valence-electron chi connectivity index (χ2n) is 7.38. The molecule has 4 aromatic carbocycles. The van der Waals surface area contributed by atoms with Crippen LogP contribution in [-0.4, -0.2) is 11.9 Å². The molecule has 0 saturated heterocycles. The second kappa shape index (κ2) is 12.2. The highest BCUT2D eigenvalue weighted by Gasteiger charge is 2.04. The maximum absolute atomic E-state index is 12.0. The first-order chi connectivity index (χ1) is 17.1. The molecule has 0 aliphatic carbocycles. The third-order valence-corrected chi connectivity index (χ3v) is 5.76. The van der Waals surface area contributed by atoms with Crippen LogP contribution in [0.4, 0.5) is 0 Å². The summed E-state index contributed by atoms with van der Waals surface area (Å²) in [6.07, 6.45) is 6.24. The van der Waals surface area contributed by atoms with Crippen LogP contribution in [0.25, 0.3) is 12.2 Å². The Hall–Kier alpha value is -4.35. The van der Waals surface area contributed by atoms with Gasteiger partial charge in [0.15, 0.2) is 0 Å². The smallest absolute Gasteiger partial charge is 0.336 e. The standard InChI is InChI=1S/C30H22O4S/c31-29(21-11-23-7-3-1-4-8-23)33-25-13-17-27(18-14-25)35-28-19-15-26(16-20-28)34-30(32)22-12-24-9-5-2-6-10-24/h1-22H/b21-11-,22-12+. The van der Waals surface area contributed by atoms with Gasteiger partial charge in [0.1, 0.15) is 11.5 Å². The minimum absolute atomic E-state index is 0.432. The van der Waals surface area contributed by atoms with Gasteiger partial charge in [0, 0.05) is 21.9 Å². The van der Waals surface area contributed by atoms with E-state index >= 15 is 0 Å². The van der Waals surface area contributed by atoms with Crippen LogP contribution >= 0.6 is 11.8 Å². The minimum atomic E-state index is -0.432. The van der Waals surface area contributed by atoms with Crippen LogP contribution in [0.1, 0.15) is 11.1 Å². The fourth-order valence-electron chi connectivity index (χ4n) is 3.04. The van der Waals surface area contributed by atoms with Crippen LogP contribution in [0, 0.1) is 0 Å². The Bertz CT molecular complexity index is 1210. The van der Waals surface area contributed by atoms with Crippen molar-refractivity contribution in [2.75, 3.05) is 0 Å². The zero-order valence-corrected chi connectivity index (χ0v) is 19.6. The number of carbonyl (C=O) groups is 2. The van der Waals surface area contributed by atoms with E-state index in [4.69, 9.17) is 9.47 Å². The third-order valence-electron chi connectivity index (χ3n) is 4.74. The van der Waals surface area contributed by atoms with Crippen molar-refractivity contribution in [1.82, 2.24) is 0 Å². The monoisotopic (exact) mass is 478 g/mol. The average Bonchev–Trinajstić information content (AvgIpc) is 2.90. The van der Waals surface area contributed by atoms with Crippen molar-refractivity contribution >= 4 is 35.9 Å². The van der Waals surface area contributed by atoms with E-state index in [0.717, 1.165) is 20.9 Å². The molecule has 172 valence electrons. The molecule has 4 rings (SSSR count). The summed E-state index contributed by atoms with van der Waals surface area (Å²) in [6, 6.07) is 33.7. The van der Waals surface area contributed by atoms with Crippen molar-refractivity contribution in [3.05, 3.63) is 132 Å².